The van der Waals surface area contributed by atoms with Gasteiger partial charge in [-0.25, -0.2) is 4.98 Å². The van der Waals surface area contributed by atoms with E-state index in [1.54, 1.807) is 32.4 Å². The molecular formula is C23H29N3O3. The van der Waals surface area contributed by atoms with E-state index in [1.165, 1.54) is 0 Å². The zero-order valence-electron chi connectivity index (χ0n) is 17.7. The smallest absolute Gasteiger partial charge is 0.251 e. The maximum Gasteiger partial charge on any atom is 0.251 e. The predicted molar refractivity (Wildman–Crippen MR) is 115 cm³/mol. The molecule has 154 valence electrons. The van der Waals surface area contributed by atoms with Crippen LogP contribution in [0.3, 0.4) is 0 Å². The number of para-hydroxylation sites is 2. The van der Waals surface area contributed by atoms with Gasteiger partial charge < -0.3 is 19.4 Å². The Balaban J connectivity index is 1.88. The molecule has 3 rings (SSSR count). The van der Waals surface area contributed by atoms with Crippen molar-refractivity contribution in [3.8, 4) is 11.5 Å². The summed E-state index contributed by atoms with van der Waals surface area (Å²) < 4.78 is 12.8. The van der Waals surface area contributed by atoms with Crippen LogP contribution in [0.1, 0.15) is 49.4 Å². The number of carbonyl (C=O) groups excluding carboxylic acids is 1. The fourth-order valence-electron chi connectivity index (χ4n) is 3.38. The number of hydrogen-bond acceptors (Lipinski definition) is 4. The molecule has 1 aromatic heterocycles. The molecule has 6 heteroatoms. The Morgan fingerprint density at radius 3 is 2.52 bits per heavy atom. The minimum atomic E-state index is -0.243. The van der Waals surface area contributed by atoms with Crippen molar-refractivity contribution in [3.05, 3.63) is 53.9 Å². The van der Waals surface area contributed by atoms with Crippen LogP contribution in [-0.4, -0.2) is 29.7 Å². The molecule has 0 aliphatic carbocycles. The molecule has 29 heavy (non-hydrogen) atoms. The van der Waals surface area contributed by atoms with Crippen molar-refractivity contribution in [2.75, 3.05) is 14.2 Å². The molecule has 0 aliphatic heterocycles. The van der Waals surface area contributed by atoms with Crippen molar-refractivity contribution in [1.29, 1.82) is 0 Å². The summed E-state index contributed by atoms with van der Waals surface area (Å²) in [6.45, 7) is 7.24. The molecule has 2 aromatic carbocycles. The van der Waals surface area contributed by atoms with Crippen LogP contribution in [0.2, 0.25) is 0 Å². The number of hydrogen-bond donors (Lipinski definition) is 1. The third kappa shape index (κ3) is 4.36. The highest BCUT2D eigenvalue weighted by Crippen LogP contribution is 2.28. The molecule has 0 spiro atoms. The van der Waals surface area contributed by atoms with E-state index in [0.717, 1.165) is 29.8 Å². The monoisotopic (exact) mass is 395 g/mol. The highest BCUT2D eigenvalue weighted by molar-refractivity contribution is 5.95. The molecule has 2 unspecified atom stereocenters. The molecule has 0 saturated heterocycles. The van der Waals surface area contributed by atoms with Crippen molar-refractivity contribution >= 4 is 16.9 Å². The van der Waals surface area contributed by atoms with Crippen LogP contribution in [0, 0.1) is 5.92 Å². The SMILES string of the molecule is CCC(C)Cn1c(C(C)NC(=O)c2ccc(OC)c(OC)c2)nc2ccccc21. The van der Waals surface area contributed by atoms with Crippen LogP contribution >= 0.6 is 0 Å². The topological polar surface area (TPSA) is 65.4 Å². The van der Waals surface area contributed by atoms with Gasteiger partial charge in [-0.05, 0) is 43.2 Å². The number of aromatic nitrogens is 2. The van der Waals surface area contributed by atoms with E-state index in [2.05, 4.69) is 29.8 Å². The van der Waals surface area contributed by atoms with Gasteiger partial charge in [0.05, 0.1) is 31.3 Å². The lowest BCUT2D eigenvalue weighted by molar-refractivity contribution is 0.0937. The van der Waals surface area contributed by atoms with Crippen molar-refractivity contribution in [3.63, 3.8) is 0 Å². The van der Waals surface area contributed by atoms with Gasteiger partial charge in [-0.15, -0.1) is 0 Å². The van der Waals surface area contributed by atoms with Crippen LogP contribution in [0.5, 0.6) is 11.5 Å². The fraction of sp³-hybridized carbons (Fsp3) is 0.391. The largest absolute Gasteiger partial charge is 0.493 e. The maximum atomic E-state index is 12.9. The fourth-order valence-corrected chi connectivity index (χ4v) is 3.38. The second-order valence-electron chi connectivity index (χ2n) is 7.35. The number of benzene rings is 2. The Morgan fingerprint density at radius 1 is 1.10 bits per heavy atom. The van der Waals surface area contributed by atoms with Gasteiger partial charge in [-0.1, -0.05) is 32.4 Å². The van der Waals surface area contributed by atoms with Crippen LogP contribution < -0.4 is 14.8 Å². The molecule has 1 N–H and O–H groups in total. The van der Waals surface area contributed by atoms with E-state index in [-0.39, 0.29) is 11.9 Å². The summed E-state index contributed by atoms with van der Waals surface area (Å²) >= 11 is 0. The molecule has 3 aromatic rings. The first-order valence-electron chi connectivity index (χ1n) is 9.96. The lowest BCUT2D eigenvalue weighted by Crippen LogP contribution is -2.29. The van der Waals surface area contributed by atoms with Gasteiger partial charge in [0.1, 0.15) is 5.82 Å². The predicted octanol–water partition coefficient (Wildman–Crippen LogP) is 4.59. The summed E-state index contributed by atoms with van der Waals surface area (Å²) in [5, 5.41) is 3.08. The second-order valence-corrected chi connectivity index (χ2v) is 7.35. The van der Waals surface area contributed by atoms with E-state index >= 15 is 0 Å². The van der Waals surface area contributed by atoms with Gasteiger partial charge in [0.2, 0.25) is 0 Å². The molecule has 0 fully saturated rings. The molecule has 1 heterocycles. The van der Waals surface area contributed by atoms with Crippen molar-refractivity contribution < 1.29 is 14.3 Å². The lowest BCUT2D eigenvalue weighted by atomic mass is 10.1. The summed E-state index contributed by atoms with van der Waals surface area (Å²) in [7, 11) is 3.13. The number of rotatable bonds is 8. The highest BCUT2D eigenvalue weighted by Gasteiger charge is 2.20. The minimum Gasteiger partial charge on any atom is -0.493 e. The van der Waals surface area contributed by atoms with Gasteiger partial charge in [0.25, 0.3) is 5.91 Å². The lowest BCUT2D eigenvalue weighted by Gasteiger charge is -2.19. The molecule has 1 amide bonds. The Morgan fingerprint density at radius 2 is 1.83 bits per heavy atom. The quantitative estimate of drug-likeness (QED) is 0.606. The zero-order chi connectivity index (χ0) is 21.0. The molecule has 0 aliphatic rings. The second kappa shape index (κ2) is 8.99. The molecular weight excluding hydrogens is 366 g/mol. The molecule has 0 radical (unpaired) electrons. The number of methoxy groups -OCH3 is 2. The molecule has 2 atom stereocenters. The van der Waals surface area contributed by atoms with Gasteiger partial charge >= 0.3 is 0 Å². The van der Waals surface area contributed by atoms with Crippen LogP contribution in [0.25, 0.3) is 11.0 Å². The first-order chi connectivity index (χ1) is 14.0. The summed E-state index contributed by atoms with van der Waals surface area (Å²) in [5.74, 6) is 2.31. The third-order valence-corrected chi connectivity index (χ3v) is 5.26. The van der Waals surface area contributed by atoms with E-state index in [0.29, 0.717) is 23.0 Å². The van der Waals surface area contributed by atoms with Crippen molar-refractivity contribution in [2.24, 2.45) is 5.92 Å². The number of nitrogens with one attached hydrogen (secondary N) is 1. The number of ether oxygens (including phenoxy) is 2. The molecule has 6 nitrogen and oxygen atoms in total. The van der Waals surface area contributed by atoms with Gasteiger partial charge in [0.15, 0.2) is 11.5 Å². The number of fused-ring (bicyclic) bond motifs is 1. The van der Waals surface area contributed by atoms with E-state index in [1.807, 2.05) is 25.1 Å². The number of amides is 1. The number of carbonyl (C=O) groups is 1. The molecule has 0 saturated carbocycles. The molecule has 0 bridgehead atoms. The minimum absolute atomic E-state index is 0.180. The van der Waals surface area contributed by atoms with E-state index < -0.39 is 0 Å². The third-order valence-electron chi connectivity index (χ3n) is 5.26. The normalized spacial score (nSPS) is 13.1. The van der Waals surface area contributed by atoms with Crippen molar-refractivity contribution in [1.82, 2.24) is 14.9 Å². The average Bonchev–Trinajstić information content (AvgIpc) is 3.11. The standard InChI is InChI=1S/C23H29N3O3/c1-6-15(2)14-26-19-10-8-7-9-18(19)25-22(26)16(3)24-23(27)17-11-12-20(28-4)21(13-17)29-5/h7-13,15-16H,6,14H2,1-5H3,(H,24,27). The first kappa shape index (κ1) is 20.7. The van der Waals surface area contributed by atoms with Crippen molar-refractivity contribution in [2.45, 2.75) is 39.8 Å². The Hall–Kier alpha value is -3.02. The summed E-state index contributed by atoms with van der Waals surface area (Å²) in [6, 6.07) is 13.0. The van der Waals surface area contributed by atoms with Gasteiger partial charge in [-0.3, -0.25) is 4.79 Å². The Bertz CT molecular complexity index is 996. The van der Waals surface area contributed by atoms with Crippen LogP contribution in [-0.2, 0) is 6.54 Å². The Kier molecular flexibility index (Phi) is 6.42. The number of nitrogens with zero attached hydrogens (tertiary/aromatic N) is 2. The Labute approximate surface area is 171 Å². The van der Waals surface area contributed by atoms with E-state index in [4.69, 9.17) is 14.5 Å². The number of imidazole rings is 1. The summed E-state index contributed by atoms with van der Waals surface area (Å²) in [6.07, 6.45) is 1.08. The average molecular weight is 396 g/mol. The van der Waals surface area contributed by atoms with Crippen LogP contribution in [0.15, 0.2) is 42.5 Å². The summed E-state index contributed by atoms with van der Waals surface area (Å²) in [4.78, 5) is 17.7. The zero-order valence-corrected chi connectivity index (χ0v) is 17.7. The highest BCUT2D eigenvalue weighted by atomic mass is 16.5. The van der Waals surface area contributed by atoms with Crippen LogP contribution in [0.4, 0.5) is 0 Å². The summed E-state index contributed by atoms with van der Waals surface area (Å²) in [5.41, 5.74) is 2.55. The first-order valence-corrected chi connectivity index (χ1v) is 9.96. The van der Waals surface area contributed by atoms with Gasteiger partial charge in [0, 0.05) is 12.1 Å². The maximum absolute atomic E-state index is 12.9. The van der Waals surface area contributed by atoms with Gasteiger partial charge in [-0.2, -0.15) is 0 Å². The van der Waals surface area contributed by atoms with E-state index in [9.17, 15) is 4.79 Å².